The Kier molecular flexibility index (Phi) is 8.25. The normalized spacial score (nSPS) is 16.5. The standard InChI is InChI=1S/C28H32BrN3O5S/c1-36-20-6-8-21(9-7-20)38(34,35)28(18-12-14-30-15-13-18)31-16-19(33)17-37-25-11-10-23(29)27-26(25)22-4-2-3-5-24(22)32-27/h2-11,18-19,28,30-33H,12-17H2,1H3/t19-,28?/m0/s1. The summed E-state index contributed by atoms with van der Waals surface area (Å²) in [7, 11) is -2.15. The highest BCUT2D eigenvalue weighted by Gasteiger charge is 2.35. The van der Waals surface area contributed by atoms with Crippen LogP contribution in [0.25, 0.3) is 21.8 Å². The van der Waals surface area contributed by atoms with Gasteiger partial charge >= 0.3 is 0 Å². The molecule has 1 saturated heterocycles. The number of aliphatic hydroxyl groups excluding tert-OH is 1. The fourth-order valence-electron chi connectivity index (χ4n) is 5.10. The van der Waals surface area contributed by atoms with Crippen LogP contribution in [0.3, 0.4) is 0 Å². The summed E-state index contributed by atoms with van der Waals surface area (Å²) in [6.45, 7) is 1.62. The summed E-state index contributed by atoms with van der Waals surface area (Å²) < 4.78 is 39.5. The number of ether oxygens (including phenoxy) is 2. The SMILES string of the molecule is COc1ccc(S(=O)(=O)C(NC[C@H](O)COc2ccc(Br)c3[nH]c4ccccc4c23)C2CCNCC2)cc1. The van der Waals surface area contributed by atoms with Crippen LogP contribution in [0, 0.1) is 5.92 Å². The Balaban J connectivity index is 1.31. The Labute approximate surface area is 230 Å². The molecule has 2 heterocycles. The van der Waals surface area contributed by atoms with Gasteiger partial charge in [0.05, 0.1) is 22.9 Å². The molecule has 0 aliphatic carbocycles. The number of sulfone groups is 1. The van der Waals surface area contributed by atoms with Crippen molar-refractivity contribution in [3.8, 4) is 11.5 Å². The third-order valence-corrected chi connectivity index (χ3v) is 9.90. The van der Waals surface area contributed by atoms with Crippen LogP contribution < -0.4 is 20.1 Å². The number of piperidine rings is 1. The molecule has 4 aromatic rings. The number of H-pyrrole nitrogens is 1. The number of para-hydroxylation sites is 1. The van der Waals surface area contributed by atoms with Crippen molar-refractivity contribution < 1.29 is 23.0 Å². The zero-order valence-corrected chi connectivity index (χ0v) is 23.5. The topological polar surface area (TPSA) is 113 Å². The molecule has 202 valence electrons. The highest BCUT2D eigenvalue weighted by atomic mass is 79.9. The third kappa shape index (κ3) is 5.55. The molecule has 10 heteroatoms. The van der Waals surface area contributed by atoms with Crippen LogP contribution in [0.5, 0.6) is 11.5 Å². The quantitative estimate of drug-likeness (QED) is 0.215. The van der Waals surface area contributed by atoms with Crippen LogP contribution in [-0.2, 0) is 9.84 Å². The molecule has 8 nitrogen and oxygen atoms in total. The minimum absolute atomic E-state index is 0.0186. The predicted octanol–water partition coefficient (Wildman–Crippen LogP) is 4.22. The Hall–Kier alpha value is -2.63. The summed E-state index contributed by atoms with van der Waals surface area (Å²) >= 11 is 3.60. The summed E-state index contributed by atoms with van der Waals surface area (Å²) in [4.78, 5) is 3.64. The van der Waals surface area contributed by atoms with Crippen molar-refractivity contribution in [2.75, 3.05) is 33.4 Å². The molecule has 3 aromatic carbocycles. The van der Waals surface area contributed by atoms with Crippen molar-refractivity contribution in [2.45, 2.75) is 29.2 Å². The third-order valence-electron chi connectivity index (χ3n) is 7.09. The van der Waals surface area contributed by atoms with Gasteiger partial charge in [0.2, 0.25) is 0 Å². The lowest BCUT2D eigenvalue weighted by Gasteiger charge is -2.32. The highest BCUT2D eigenvalue weighted by Crippen LogP contribution is 2.37. The molecule has 1 aliphatic heterocycles. The number of halogens is 1. The van der Waals surface area contributed by atoms with Crippen molar-refractivity contribution in [1.82, 2.24) is 15.6 Å². The monoisotopic (exact) mass is 601 g/mol. The average Bonchev–Trinajstić information content (AvgIpc) is 3.34. The number of hydrogen-bond donors (Lipinski definition) is 4. The van der Waals surface area contributed by atoms with Crippen molar-refractivity contribution in [3.63, 3.8) is 0 Å². The van der Waals surface area contributed by atoms with Gasteiger partial charge in [-0.3, -0.25) is 5.32 Å². The first-order valence-corrected chi connectivity index (χ1v) is 15.0. The van der Waals surface area contributed by atoms with Gasteiger partial charge in [-0.2, -0.15) is 0 Å². The number of benzene rings is 3. The van der Waals surface area contributed by atoms with Gasteiger partial charge in [0.15, 0.2) is 9.84 Å². The van der Waals surface area contributed by atoms with E-state index in [1.807, 2.05) is 36.4 Å². The second kappa shape index (κ2) is 11.6. The predicted molar refractivity (Wildman–Crippen MR) is 153 cm³/mol. The number of methoxy groups -OCH3 is 1. The van der Waals surface area contributed by atoms with E-state index in [0.717, 1.165) is 52.2 Å². The number of nitrogens with one attached hydrogen (secondary N) is 3. The van der Waals surface area contributed by atoms with E-state index in [4.69, 9.17) is 9.47 Å². The van der Waals surface area contributed by atoms with E-state index in [-0.39, 0.29) is 24.0 Å². The van der Waals surface area contributed by atoms with E-state index in [9.17, 15) is 13.5 Å². The lowest BCUT2D eigenvalue weighted by Crippen LogP contribution is -2.49. The van der Waals surface area contributed by atoms with Crippen molar-refractivity contribution in [2.24, 2.45) is 5.92 Å². The van der Waals surface area contributed by atoms with E-state index >= 15 is 0 Å². The van der Waals surface area contributed by atoms with Gasteiger partial charge in [0, 0.05) is 21.9 Å². The summed E-state index contributed by atoms with van der Waals surface area (Å²) in [5.41, 5.74) is 1.92. The molecule has 1 unspecified atom stereocenters. The maximum atomic E-state index is 13.7. The molecule has 0 amide bonds. The summed E-state index contributed by atoms with van der Waals surface area (Å²) in [6.07, 6.45) is 0.558. The minimum Gasteiger partial charge on any atom is -0.497 e. The van der Waals surface area contributed by atoms with Crippen LogP contribution >= 0.6 is 15.9 Å². The summed E-state index contributed by atoms with van der Waals surface area (Å²) in [5.74, 6) is 1.18. The molecule has 38 heavy (non-hydrogen) atoms. The van der Waals surface area contributed by atoms with Gasteiger partial charge in [-0.05, 0) is 90.2 Å². The fraction of sp³-hybridized carbons (Fsp3) is 0.357. The van der Waals surface area contributed by atoms with Crippen LogP contribution in [0.2, 0.25) is 0 Å². The second-order valence-electron chi connectivity index (χ2n) is 9.57. The number of aromatic nitrogens is 1. The zero-order chi connectivity index (χ0) is 26.7. The lowest BCUT2D eigenvalue weighted by atomic mass is 9.98. The largest absolute Gasteiger partial charge is 0.497 e. The lowest BCUT2D eigenvalue weighted by molar-refractivity contribution is 0.104. The average molecular weight is 603 g/mol. The Morgan fingerprint density at radius 3 is 2.55 bits per heavy atom. The molecule has 2 atom stereocenters. The van der Waals surface area contributed by atoms with Crippen LogP contribution in [-0.4, -0.2) is 63.3 Å². The van der Waals surface area contributed by atoms with Crippen LogP contribution in [0.15, 0.2) is 70.0 Å². The van der Waals surface area contributed by atoms with E-state index in [0.29, 0.717) is 11.5 Å². The molecule has 4 N–H and O–H groups in total. The Bertz CT molecular complexity index is 1500. The van der Waals surface area contributed by atoms with Gasteiger partial charge in [-0.1, -0.05) is 18.2 Å². The smallest absolute Gasteiger partial charge is 0.194 e. The molecule has 0 bridgehead atoms. The molecule has 1 aromatic heterocycles. The zero-order valence-electron chi connectivity index (χ0n) is 21.1. The van der Waals surface area contributed by atoms with E-state index in [1.165, 1.54) is 0 Å². The first-order chi connectivity index (χ1) is 18.4. The van der Waals surface area contributed by atoms with Gasteiger partial charge in [-0.15, -0.1) is 0 Å². The molecule has 1 aliphatic rings. The maximum absolute atomic E-state index is 13.7. The number of rotatable bonds is 10. The van der Waals surface area contributed by atoms with Gasteiger partial charge in [-0.25, -0.2) is 8.42 Å². The van der Waals surface area contributed by atoms with E-state index in [2.05, 4.69) is 31.5 Å². The van der Waals surface area contributed by atoms with Crippen molar-refractivity contribution in [3.05, 3.63) is 65.1 Å². The minimum atomic E-state index is -3.69. The molecule has 0 radical (unpaired) electrons. The Morgan fingerprint density at radius 1 is 1.08 bits per heavy atom. The molecular formula is C28H32BrN3O5S. The first kappa shape index (κ1) is 27.0. The fourth-order valence-corrected chi connectivity index (χ4v) is 7.43. The number of aliphatic hydroxyl groups is 1. The summed E-state index contributed by atoms with van der Waals surface area (Å²) in [6, 6.07) is 18.2. The molecule has 0 saturated carbocycles. The Morgan fingerprint density at radius 2 is 1.82 bits per heavy atom. The molecule has 5 rings (SSSR count). The number of fused-ring (bicyclic) bond motifs is 3. The summed E-state index contributed by atoms with van der Waals surface area (Å²) in [5, 5.41) is 18.4. The molecule has 0 spiro atoms. The molecule has 1 fully saturated rings. The molecular weight excluding hydrogens is 570 g/mol. The second-order valence-corrected chi connectivity index (χ2v) is 12.5. The van der Waals surface area contributed by atoms with Crippen LogP contribution in [0.4, 0.5) is 0 Å². The van der Waals surface area contributed by atoms with Gasteiger partial charge < -0.3 is 24.9 Å². The van der Waals surface area contributed by atoms with E-state index < -0.39 is 21.3 Å². The van der Waals surface area contributed by atoms with E-state index in [1.54, 1.807) is 31.4 Å². The van der Waals surface area contributed by atoms with Crippen molar-refractivity contribution in [1.29, 1.82) is 0 Å². The number of hydrogen-bond acceptors (Lipinski definition) is 7. The number of aromatic amines is 1. The highest BCUT2D eigenvalue weighted by molar-refractivity contribution is 9.10. The van der Waals surface area contributed by atoms with Crippen molar-refractivity contribution >= 4 is 47.6 Å². The van der Waals surface area contributed by atoms with Gasteiger partial charge in [0.1, 0.15) is 29.6 Å². The maximum Gasteiger partial charge on any atom is 0.194 e. The van der Waals surface area contributed by atoms with Gasteiger partial charge in [0.25, 0.3) is 0 Å². The van der Waals surface area contributed by atoms with Crippen LogP contribution in [0.1, 0.15) is 12.8 Å². The first-order valence-electron chi connectivity index (χ1n) is 12.7.